The topological polar surface area (TPSA) is 92.3 Å². The van der Waals surface area contributed by atoms with Gasteiger partial charge >= 0.3 is 0 Å². The summed E-state index contributed by atoms with van der Waals surface area (Å²) in [6, 6.07) is 6.90. The van der Waals surface area contributed by atoms with E-state index in [1.54, 1.807) is 12.1 Å². The van der Waals surface area contributed by atoms with E-state index < -0.39 is 21.7 Å². The van der Waals surface area contributed by atoms with Crippen LogP contribution < -0.4 is 10.6 Å². The Morgan fingerprint density at radius 3 is 2.57 bits per heavy atom. The van der Waals surface area contributed by atoms with Crippen LogP contribution in [-0.2, 0) is 19.4 Å². The minimum absolute atomic E-state index is 0.0435. The lowest BCUT2D eigenvalue weighted by Gasteiger charge is -2.11. The molecule has 0 spiro atoms. The zero-order valence-electron chi connectivity index (χ0n) is 11.8. The van der Waals surface area contributed by atoms with Crippen LogP contribution in [0.2, 0.25) is 0 Å². The van der Waals surface area contributed by atoms with Crippen molar-refractivity contribution in [1.82, 2.24) is 5.32 Å². The van der Waals surface area contributed by atoms with E-state index in [2.05, 4.69) is 10.6 Å². The highest BCUT2D eigenvalue weighted by molar-refractivity contribution is 7.91. The molecule has 2 amide bonds. The van der Waals surface area contributed by atoms with Gasteiger partial charge in [-0.15, -0.1) is 0 Å². The maximum atomic E-state index is 11.8. The van der Waals surface area contributed by atoms with Gasteiger partial charge in [-0.25, -0.2) is 8.42 Å². The lowest BCUT2D eigenvalue weighted by Crippen LogP contribution is -2.37. The first-order valence-electron chi connectivity index (χ1n) is 6.71. The van der Waals surface area contributed by atoms with Crippen molar-refractivity contribution >= 4 is 27.3 Å². The lowest BCUT2D eigenvalue weighted by molar-refractivity contribution is -0.127. The largest absolute Gasteiger partial charge is 0.352 e. The van der Waals surface area contributed by atoms with Gasteiger partial charge in [-0.1, -0.05) is 18.2 Å². The van der Waals surface area contributed by atoms with Crippen molar-refractivity contribution in [2.24, 2.45) is 0 Å². The average molecular weight is 310 g/mol. The molecule has 2 N–H and O–H groups in total. The van der Waals surface area contributed by atoms with E-state index in [1.165, 1.54) is 0 Å². The molecule has 1 atom stereocenters. The number of anilines is 1. The Labute approximate surface area is 123 Å². The number of carbonyl (C=O) groups excluding carboxylic acids is 2. The minimum Gasteiger partial charge on any atom is -0.352 e. The van der Waals surface area contributed by atoms with Crippen molar-refractivity contribution in [3.05, 3.63) is 29.8 Å². The number of rotatable bonds is 4. The van der Waals surface area contributed by atoms with E-state index in [0.29, 0.717) is 12.1 Å². The Morgan fingerprint density at radius 1 is 1.24 bits per heavy atom. The molecule has 0 radical (unpaired) electrons. The predicted octanol–water partition coefficient (Wildman–Crippen LogP) is 0.627. The fraction of sp³-hybridized carbons (Fsp3) is 0.429. The van der Waals surface area contributed by atoms with Crippen LogP contribution in [0.1, 0.15) is 18.4 Å². The summed E-state index contributed by atoms with van der Waals surface area (Å²) < 4.78 is 22.6. The molecule has 21 heavy (non-hydrogen) atoms. The summed E-state index contributed by atoms with van der Waals surface area (Å²) in [5.74, 6) is -0.822. The number of hydrogen-bond acceptors (Lipinski definition) is 4. The average Bonchev–Trinajstić information content (AvgIpc) is 2.71. The van der Waals surface area contributed by atoms with Crippen LogP contribution in [-0.4, -0.2) is 37.8 Å². The first kappa shape index (κ1) is 15.5. The molecule has 1 aromatic carbocycles. The summed E-state index contributed by atoms with van der Waals surface area (Å²) in [5.41, 5.74) is 1.58. The maximum absolute atomic E-state index is 11.8. The Balaban J connectivity index is 1.83. The number of para-hydroxylation sites is 1. The van der Waals surface area contributed by atoms with E-state index >= 15 is 0 Å². The fourth-order valence-corrected chi connectivity index (χ4v) is 3.91. The van der Waals surface area contributed by atoms with Gasteiger partial charge in [0.05, 0.1) is 11.5 Å². The second kappa shape index (κ2) is 6.26. The first-order valence-corrected chi connectivity index (χ1v) is 8.53. The van der Waals surface area contributed by atoms with E-state index in [0.717, 1.165) is 5.56 Å². The van der Waals surface area contributed by atoms with Crippen LogP contribution in [0.15, 0.2) is 24.3 Å². The summed E-state index contributed by atoms with van der Waals surface area (Å²) >= 11 is 0. The highest BCUT2D eigenvalue weighted by atomic mass is 32.2. The number of benzene rings is 1. The highest BCUT2D eigenvalue weighted by Crippen LogP contribution is 2.14. The van der Waals surface area contributed by atoms with E-state index in [-0.39, 0.29) is 24.0 Å². The standard InChI is InChI=1S/C14H18N2O4S/c1-10-4-2-3-5-12(10)16-14(18)8-13(17)15-11-6-7-21(19,20)9-11/h2-5,11H,6-9H2,1H3,(H,15,17)(H,16,18). The Hall–Kier alpha value is -1.89. The number of aryl methyl sites for hydroxylation is 1. The van der Waals surface area contributed by atoms with Gasteiger partial charge in [-0.05, 0) is 25.0 Å². The summed E-state index contributed by atoms with van der Waals surface area (Å²) in [4.78, 5) is 23.5. The van der Waals surface area contributed by atoms with Gasteiger partial charge in [0.15, 0.2) is 9.84 Å². The molecule has 1 fully saturated rings. The molecule has 0 saturated carbocycles. The zero-order chi connectivity index (χ0) is 15.5. The van der Waals surface area contributed by atoms with Gasteiger partial charge in [-0.2, -0.15) is 0 Å². The predicted molar refractivity (Wildman–Crippen MR) is 79.6 cm³/mol. The maximum Gasteiger partial charge on any atom is 0.233 e. The third kappa shape index (κ3) is 4.56. The van der Waals surface area contributed by atoms with E-state index in [1.807, 2.05) is 19.1 Å². The molecule has 114 valence electrons. The van der Waals surface area contributed by atoms with Crippen LogP contribution in [0, 0.1) is 6.92 Å². The molecule has 6 nitrogen and oxygen atoms in total. The summed E-state index contributed by atoms with van der Waals surface area (Å²) in [5, 5.41) is 5.25. The van der Waals surface area contributed by atoms with Crippen LogP contribution in [0.5, 0.6) is 0 Å². The lowest BCUT2D eigenvalue weighted by atomic mass is 10.2. The monoisotopic (exact) mass is 310 g/mol. The smallest absolute Gasteiger partial charge is 0.233 e. The molecule has 1 unspecified atom stereocenters. The Kier molecular flexibility index (Phi) is 4.62. The third-order valence-electron chi connectivity index (χ3n) is 3.34. The van der Waals surface area contributed by atoms with Gasteiger partial charge < -0.3 is 10.6 Å². The summed E-state index contributed by atoms with van der Waals surface area (Å²) in [6.45, 7) is 1.86. The van der Waals surface area contributed by atoms with Crippen molar-refractivity contribution in [3.8, 4) is 0 Å². The normalized spacial score (nSPS) is 20.0. The first-order chi connectivity index (χ1) is 9.85. The summed E-state index contributed by atoms with van der Waals surface area (Å²) in [7, 11) is -3.04. The Bertz CT molecular complexity index is 655. The van der Waals surface area contributed by atoms with Gasteiger partial charge in [0, 0.05) is 11.7 Å². The van der Waals surface area contributed by atoms with Crippen molar-refractivity contribution < 1.29 is 18.0 Å². The van der Waals surface area contributed by atoms with E-state index in [4.69, 9.17) is 0 Å². The molecule has 1 aliphatic heterocycles. The molecule has 0 aromatic heterocycles. The van der Waals surface area contributed by atoms with Crippen molar-refractivity contribution in [1.29, 1.82) is 0 Å². The minimum atomic E-state index is -3.04. The molecule has 0 aliphatic carbocycles. The van der Waals surface area contributed by atoms with Gasteiger partial charge in [0.1, 0.15) is 6.42 Å². The molecule has 1 aromatic rings. The highest BCUT2D eigenvalue weighted by Gasteiger charge is 2.29. The van der Waals surface area contributed by atoms with Crippen LogP contribution in [0.4, 0.5) is 5.69 Å². The number of hydrogen-bond donors (Lipinski definition) is 2. The quantitative estimate of drug-likeness (QED) is 0.798. The molecule has 1 saturated heterocycles. The number of nitrogens with one attached hydrogen (secondary N) is 2. The van der Waals surface area contributed by atoms with E-state index in [9.17, 15) is 18.0 Å². The molecule has 0 bridgehead atoms. The molecule has 1 heterocycles. The van der Waals surface area contributed by atoms with Crippen molar-refractivity contribution in [2.45, 2.75) is 25.8 Å². The van der Waals surface area contributed by atoms with Crippen LogP contribution in [0.3, 0.4) is 0 Å². The van der Waals surface area contributed by atoms with Crippen LogP contribution in [0.25, 0.3) is 0 Å². The molecule has 7 heteroatoms. The molecule has 2 rings (SSSR count). The van der Waals surface area contributed by atoms with Gasteiger partial charge in [0.2, 0.25) is 11.8 Å². The molecular formula is C14H18N2O4S. The SMILES string of the molecule is Cc1ccccc1NC(=O)CC(=O)NC1CCS(=O)(=O)C1. The van der Waals surface area contributed by atoms with Gasteiger partial charge in [0.25, 0.3) is 0 Å². The summed E-state index contributed by atoms with van der Waals surface area (Å²) in [6.07, 6.45) is 0.0956. The number of amides is 2. The molecular weight excluding hydrogens is 292 g/mol. The number of carbonyl (C=O) groups is 2. The van der Waals surface area contributed by atoms with Crippen molar-refractivity contribution in [3.63, 3.8) is 0 Å². The second-order valence-corrected chi connectivity index (χ2v) is 7.44. The van der Waals surface area contributed by atoms with Gasteiger partial charge in [-0.3, -0.25) is 9.59 Å². The number of sulfone groups is 1. The third-order valence-corrected chi connectivity index (χ3v) is 5.11. The molecule has 1 aliphatic rings. The Morgan fingerprint density at radius 2 is 1.95 bits per heavy atom. The van der Waals surface area contributed by atoms with Crippen LogP contribution >= 0.6 is 0 Å². The fourth-order valence-electron chi connectivity index (χ4n) is 2.24. The second-order valence-electron chi connectivity index (χ2n) is 5.21. The van der Waals surface area contributed by atoms with Crippen molar-refractivity contribution in [2.75, 3.05) is 16.8 Å². The zero-order valence-corrected chi connectivity index (χ0v) is 12.6.